The SMILES string of the molecule is COc1ccc(N2CCN(C(=O)CSc3nc(Cl)cc(N4CCN(C(=O)c5cccc(F)c5)C(C)C4)n3)CC2)cc1. The van der Waals surface area contributed by atoms with Crippen molar-refractivity contribution in [3.8, 4) is 5.75 Å². The number of hydrogen-bond donors (Lipinski definition) is 0. The molecule has 0 spiro atoms. The van der Waals surface area contributed by atoms with Gasteiger partial charge in [0.15, 0.2) is 5.16 Å². The van der Waals surface area contributed by atoms with Crippen LogP contribution in [0.1, 0.15) is 17.3 Å². The molecule has 216 valence electrons. The van der Waals surface area contributed by atoms with Crippen molar-refractivity contribution in [1.82, 2.24) is 19.8 Å². The molecule has 2 aromatic carbocycles. The molecule has 0 N–H and O–H groups in total. The Bertz CT molecular complexity index is 1390. The molecule has 1 unspecified atom stereocenters. The van der Waals surface area contributed by atoms with Gasteiger partial charge in [0.1, 0.15) is 22.5 Å². The Morgan fingerprint density at radius 2 is 1.73 bits per heavy atom. The molecule has 0 aliphatic carbocycles. The third-order valence-electron chi connectivity index (χ3n) is 7.34. The minimum atomic E-state index is -0.433. The molecule has 2 fully saturated rings. The van der Waals surface area contributed by atoms with E-state index in [0.717, 1.165) is 24.5 Å². The van der Waals surface area contributed by atoms with Crippen LogP contribution in [0.2, 0.25) is 5.15 Å². The number of aromatic nitrogens is 2. The van der Waals surface area contributed by atoms with E-state index in [4.69, 9.17) is 16.3 Å². The van der Waals surface area contributed by atoms with Crippen molar-refractivity contribution in [3.63, 3.8) is 0 Å². The molecule has 2 aliphatic heterocycles. The van der Waals surface area contributed by atoms with Crippen molar-refractivity contribution in [2.75, 3.05) is 68.5 Å². The van der Waals surface area contributed by atoms with E-state index in [1.54, 1.807) is 30.2 Å². The summed E-state index contributed by atoms with van der Waals surface area (Å²) in [5.41, 5.74) is 1.45. The molecule has 5 rings (SSSR count). The van der Waals surface area contributed by atoms with E-state index in [9.17, 15) is 14.0 Å². The molecule has 3 aromatic rings. The topological polar surface area (TPSA) is 82.1 Å². The molecule has 0 saturated carbocycles. The van der Waals surface area contributed by atoms with Gasteiger partial charge in [-0.2, -0.15) is 0 Å². The molecule has 9 nitrogen and oxygen atoms in total. The predicted molar refractivity (Wildman–Crippen MR) is 159 cm³/mol. The van der Waals surface area contributed by atoms with Gasteiger partial charge in [0.05, 0.1) is 12.9 Å². The molecule has 0 radical (unpaired) electrons. The van der Waals surface area contributed by atoms with E-state index in [2.05, 4.69) is 19.8 Å². The Labute approximate surface area is 248 Å². The van der Waals surface area contributed by atoms with Gasteiger partial charge in [0, 0.05) is 69.2 Å². The number of methoxy groups -OCH3 is 1. The van der Waals surface area contributed by atoms with E-state index in [-0.39, 0.29) is 23.6 Å². The normalized spacial score (nSPS) is 17.5. The lowest BCUT2D eigenvalue weighted by Crippen LogP contribution is -2.54. The van der Waals surface area contributed by atoms with Gasteiger partial charge in [-0.05, 0) is 49.4 Å². The maximum absolute atomic E-state index is 13.6. The van der Waals surface area contributed by atoms with Gasteiger partial charge in [0.25, 0.3) is 5.91 Å². The summed E-state index contributed by atoms with van der Waals surface area (Å²) in [7, 11) is 1.65. The number of anilines is 2. The molecule has 1 aromatic heterocycles. The summed E-state index contributed by atoms with van der Waals surface area (Å²) in [6, 6.07) is 15.3. The zero-order valence-corrected chi connectivity index (χ0v) is 24.6. The third-order valence-corrected chi connectivity index (χ3v) is 8.37. The number of hydrogen-bond acceptors (Lipinski definition) is 8. The van der Waals surface area contributed by atoms with Crippen molar-refractivity contribution in [3.05, 3.63) is 71.1 Å². The Kier molecular flexibility index (Phi) is 9.14. The fraction of sp³-hybridized carbons (Fsp3) is 0.379. The Morgan fingerprint density at radius 3 is 2.41 bits per heavy atom. The summed E-state index contributed by atoms with van der Waals surface area (Å²) in [5, 5.41) is 0.729. The fourth-order valence-electron chi connectivity index (χ4n) is 5.09. The molecular formula is C29H32ClFN6O3S. The van der Waals surface area contributed by atoms with Crippen molar-refractivity contribution in [2.45, 2.75) is 18.1 Å². The number of nitrogens with zero attached hydrogens (tertiary/aromatic N) is 6. The first-order chi connectivity index (χ1) is 19.8. The monoisotopic (exact) mass is 598 g/mol. The van der Waals surface area contributed by atoms with E-state index in [1.165, 1.54) is 23.9 Å². The van der Waals surface area contributed by atoms with Gasteiger partial charge in [0.2, 0.25) is 5.91 Å². The highest BCUT2D eigenvalue weighted by Gasteiger charge is 2.29. The second kappa shape index (κ2) is 12.9. The standard InChI is InChI=1S/C29H32ClFN6O3S/c1-20-18-36(14-15-37(20)28(39)21-4-3-5-22(31)16-21)26-17-25(30)32-29(33-26)41-19-27(38)35-12-10-34(11-13-35)23-6-8-24(40-2)9-7-23/h3-9,16-17,20H,10-15,18-19H2,1-2H3. The molecule has 3 heterocycles. The number of thioether (sulfide) groups is 1. The van der Waals surface area contributed by atoms with Crippen molar-refractivity contribution in [2.24, 2.45) is 0 Å². The summed E-state index contributed by atoms with van der Waals surface area (Å²) in [6.45, 7) is 6.29. The number of halogens is 2. The molecular weight excluding hydrogens is 567 g/mol. The average molecular weight is 599 g/mol. The minimum absolute atomic E-state index is 0.0348. The maximum Gasteiger partial charge on any atom is 0.254 e. The van der Waals surface area contributed by atoms with Gasteiger partial charge < -0.3 is 24.3 Å². The van der Waals surface area contributed by atoms with Gasteiger partial charge in [-0.1, -0.05) is 29.4 Å². The van der Waals surface area contributed by atoms with Gasteiger partial charge in [-0.25, -0.2) is 14.4 Å². The Hall–Kier alpha value is -3.57. The van der Waals surface area contributed by atoms with Gasteiger partial charge >= 0.3 is 0 Å². The van der Waals surface area contributed by atoms with Crippen LogP contribution in [0.3, 0.4) is 0 Å². The van der Waals surface area contributed by atoms with Crippen molar-refractivity contribution >= 4 is 46.7 Å². The van der Waals surface area contributed by atoms with Crippen LogP contribution >= 0.6 is 23.4 Å². The van der Waals surface area contributed by atoms with Crippen LogP contribution < -0.4 is 14.5 Å². The largest absolute Gasteiger partial charge is 0.497 e. The molecule has 2 amide bonds. The summed E-state index contributed by atoms with van der Waals surface area (Å²) in [5.74, 6) is 1.09. The first-order valence-corrected chi connectivity index (χ1v) is 14.8. The number of benzene rings is 2. The van der Waals surface area contributed by atoms with Crippen LogP contribution in [-0.2, 0) is 4.79 Å². The molecule has 0 bridgehead atoms. The fourth-order valence-corrected chi connectivity index (χ4v) is 6.08. The molecule has 1 atom stereocenters. The summed E-state index contributed by atoms with van der Waals surface area (Å²) >= 11 is 7.61. The van der Waals surface area contributed by atoms with Crippen LogP contribution in [-0.4, -0.2) is 96.3 Å². The molecule has 12 heteroatoms. The average Bonchev–Trinajstić information content (AvgIpc) is 2.99. The van der Waals surface area contributed by atoms with Gasteiger partial charge in [-0.3, -0.25) is 9.59 Å². The number of amides is 2. The smallest absolute Gasteiger partial charge is 0.254 e. The quantitative estimate of drug-likeness (QED) is 0.229. The number of carbonyl (C=O) groups excluding carboxylic acids is 2. The predicted octanol–water partition coefficient (Wildman–Crippen LogP) is 4.07. The number of rotatable bonds is 7. The number of carbonyl (C=O) groups is 2. The molecule has 2 aliphatic rings. The highest BCUT2D eigenvalue weighted by atomic mass is 35.5. The zero-order chi connectivity index (χ0) is 28.9. The van der Waals surface area contributed by atoms with Crippen molar-refractivity contribution in [1.29, 1.82) is 0 Å². The van der Waals surface area contributed by atoms with E-state index >= 15 is 0 Å². The van der Waals surface area contributed by atoms with Crippen LogP contribution in [0.4, 0.5) is 15.9 Å². The summed E-state index contributed by atoms with van der Waals surface area (Å²) in [6.07, 6.45) is 0. The second-order valence-electron chi connectivity index (χ2n) is 9.99. The van der Waals surface area contributed by atoms with Crippen LogP contribution in [0.5, 0.6) is 5.75 Å². The van der Waals surface area contributed by atoms with Crippen molar-refractivity contribution < 1.29 is 18.7 Å². The van der Waals surface area contributed by atoms with Crippen LogP contribution in [0, 0.1) is 5.82 Å². The first kappa shape index (κ1) is 28.9. The van der Waals surface area contributed by atoms with E-state index in [1.807, 2.05) is 36.1 Å². The second-order valence-corrected chi connectivity index (χ2v) is 11.3. The lowest BCUT2D eigenvalue weighted by atomic mass is 10.1. The zero-order valence-electron chi connectivity index (χ0n) is 23.0. The highest BCUT2D eigenvalue weighted by Crippen LogP contribution is 2.26. The van der Waals surface area contributed by atoms with Gasteiger partial charge in [-0.15, -0.1) is 0 Å². The Morgan fingerprint density at radius 1 is 1.00 bits per heavy atom. The Balaban J connectivity index is 1.14. The highest BCUT2D eigenvalue weighted by molar-refractivity contribution is 7.99. The number of piperazine rings is 2. The minimum Gasteiger partial charge on any atom is -0.497 e. The number of ether oxygens (including phenoxy) is 1. The lowest BCUT2D eigenvalue weighted by molar-refractivity contribution is -0.128. The van der Waals surface area contributed by atoms with E-state index < -0.39 is 5.82 Å². The lowest BCUT2D eigenvalue weighted by Gasteiger charge is -2.40. The summed E-state index contributed by atoms with van der Waals surface area (Å²) < 4.78 is 18.9. The molecule has 41 heavy (non-hydrogen) atoms. The summed E-state index contributed by atoms with van der Waals surface area (Å²) in [4.78, 5) is 42.8. The van der Waals surface area contributed by atoms with Crippen LogP contribution in [0.15, 0.2) is 59.8 Å². The third kappa shape index (κ3) is 7.02. The molecule has 2 saturated heterocycles. The maximum atomic E-state index is 13.6. The first-order valence-electron chi connectivity index (χ1n) is 13.5. The van der Waals surface area contributed by atoms with E-state index in [0.29, 0.717) is 54.4 Å². The van der Waals surface area contributed by atoms with Crippen LogP contribution in [0.25, 0.3) is 0 Å².